The standard InChI is InChI=1S/C21H20N4O4/c1-29-18-9-7-15(8-10-18)20(14-5-6-14)22-21(26)19-11-12-24(23-19)16-3-2-4-17(13-16)25(27)28/h2-4,7-14,20H,5-6H2,1H3,(H,22,26). The second-order valence-electron chi connectivity index (χ2n) is 6.98. The van der Waals surface area contributed by atoms with Crippen LogP contribution in [0.2, 0.25) is 0 Å². The number of nitrogens with zero attached hydrogens (tertiary/aromatic N) is 3. The SMILES string of the molecule is COc1ccc(C(NC(=O)c2ccn(-c3cccc([N+](=O)[O-])c3)n2)C2CC2)cc1. The van der Waals surface area contributed by atoms with Crippen molar-refractivity contribution in [3.05, 3.63) is 82.2 Å². The van der Waals surface area contributed by atoms with E-state index >= 15 is 0 Å². The molecule has 1 heterocycles. The number of hydrogen-bond acceptors (Lipinski definition) is 5. The molecule has 8 nitrogen and oxygen atoms in total. The van der Waals surface area contributed by atoms with Gasteiger partial charge in [-0.15, -0.1) is 0 Å². The second-order valence-corrected chi connectivity index (χ2v) is 6.98. The lowest BCUT2D eigenvalue weighted by Crippen LogP contribution is -2.30. The molecule has 148 valence electrons. The van der Waals surface area contributed by atoms with Crippen LogP contribution in [0.5, 0.6) is 5.75 Å². The molecule has 1 unspecified atom stereocenters. The first-order valence-electron chi connectivity index (χ1n) is 9.30. The molecule has 29 heavy (non-hydrogen) atoms. The second kappa shape index (κ2) is 7.75. The number of hydrogen-bond donors (Lipinski definition) is 1. The molecule has 0 radical (unpaired) electrons. The van der Waals surface area contributed by atoms with E-state index in [9.17, 15) is 14.9 Å². The molecule has 0 bridgehead atoms. The fraction of sp³-hybridized carbons (Fsp3) is 0.238. The maximum absolute atomic E-state index is 12.8. The average Bonchev–Trinajstić information content (AvgIpc) is 3.47. The Morgan fingerprint density at radius 1 is 1.24 bits per heavy atom. The van der Waals surface area contributed by atoms with E-state index < -0.39 is 4.92 Å². The highest BCUT2D eigenvalue weighted by Crippen LogP contribution is 2.41. The van der Waals surface area contributed by atoms with Gasteiger partial charge in [-0.2, -0.15) is 5.10 Å². The summed E-state index contributed by atoms with van der Waals surface area (Å²) < 4.78 is 6.66. The van der Waals surface area contributed by atoms with Gasteiger partial charge in [-0.3, -0.25) is 14.9 Å². The molecule has 4 rings (SSSR count). The smallest absolute Gasteiger partial charge is 0.272 e. The summed E-state index contributed by atoms with van der Waals surface area (Å²) in [7, 11) is 1.62. The molecule has 8 heteroatoms. The minimum absolute atomic E-state index is 0.0303. The number of aromatic nitrogens is 2. The zero-order valence-electron chi connectivity index (χ0n) is 15.8. The first-order valence-corrected chi connectivity index (χ1v) is 9.30. The average molecular weight is 392 g/mol. The van der Waals surface area contributed by atoms with Crippen LogP contribution in [0.15, 0.2) is 60.8 Å². The number of nitro groups is 1. The summed E-state index contributed by atoms with van der Waals surface area (Å²) in [6, 6.07) is 15.3. The third-order valence-corrected chi connectivity index (χ3v) is 4.98. The minimum Gasteiger partial charge on any atom is -0.497 e. The highest BCUT2D eigenvalue weighted by atomic mass is 16.6. The Morgan fingerprint density at radius 3 is 2.66 bits per heavy atom. The summed E-state index contributed by atoms with van der Waals surface area (Å²) in [4.78, 5) is 23.3. The Labute approximate surface area is 167 Å². The van der Waals surface area contributed by atoms with Gasteiger partial charge in [0.1, 0.15) is 5.75 Å². The van der Waals surface area contributed by atoms with Crippen molar-refractivity contribution in [2.24, 2.45) is 5.92 Å². The van der Waals surface area contributed by atoms with E-state index in [1.807, 2.05) is 24.3 Å². The van der Waals surface area contributed by atoms with Gasteiger partial charge in [0.25, 0.3) is 11.6 Å². The van der Waals surface area contributed by atoms with Crippen LogP contribution in [-0.2, 0) is 0 Å². The number of ether oxygens (including phenoxy) is 1. The van der Waals surface area contributed by atoms with Crippen LogP contribution >= 0.6 is 0 Å². The van der Waals surface area contributed by atoms with Gasteiger partial charge in [0, 0.05) is 18.3 Å². The zero-order chi connectivity index (χ0) is 20.4. The summed E-state index contributed by atoms with van der Waals surface area (Å²) in [5.41, 5.74) is 1.78. The molecule has 1 aliphatic rings. The van der Waals surface area contributed by atoms with Gasteiger partial charge in [-0.1, -0.05) is 18.2 Å². The number of amides is 1. The summed E-state index contributed by atoms with van der Waals surface area (Å²) in [6.07, 6.45) is 3.76. The van der Waals surface area contributed by atoms with Crippen LogP contribution < -0.4 is 10.1 Å². The molecule has 1 aromatic heterocycles. The van der Waals surface area contributed by atoms with Gasteiger partial charge in [-0.25, -0.2) is 4.68 Å². The van der Waals surface area contributed by atoms with E-state index in [2.05, 4.69) is 10.4 Å². The van der Waals surface area contributed by atoms with E-state index in [1.165, 1.54) is 16.8 Å². The Kier molecular flexibility index (Phi) is 4.99. The summed E-state index contributed by atoms with van der Waals surface area (Å²) in [5, 5.41) is 18.3. The van der Waals surface area contributed by atoms with Crippen molar-refractivity contribution in [2.75, 3.05) is 7.11 Å². The maximum atomic E-state index is 12.8. The molecule has 0 saturated heterocycles. The lowest BCUT2D eigenvalue weighted by molar-refractivity contribution is -0.384. The molecule has 1 atom stereocenters. The molecule has 0 spiro atoms. The fourth-order valence-corrected chi connectivity index (χ4v) is 3.27. The third-order valence-electron chi connectivity index (χ3n) is 4.98. The van der Waals surface area contributed by atoms with Gasteiger partial charge in [-0.05, 0) is 48.6 Å². The quantitative estimate of drug-likeness (QED) is 0.488. The molecule has 3 aromatic rings. The van der Waals surface area contributed by atoms with Crippen molar-refractivity contribution in [3.63, 3.8) is 0 Å². The van der Waals surface area contributed by atoms with Crippen molar-refractivity contribution < 1.29 is 14.5 Å². The van der Waals surface area contributed by atoms with Crippen molar-refractivity contribution in [2.45, 2.75) is 18.9 Å². The molecular weight excluding hydrogens is 372 g/mol. The largest absolute Gasteiger partial charge is 0.497 e. The van der Waals surface area contributed by atoms with Crippen molar-refractivity contribution >= 4 is 11.6 Å². The van der Waals surface area contributed by atoms with E-state index in [0.717, 1.165) is 24.2 Å². The van der Waals surface area contributed by atoms with Crippen LogP contribution in [0, 0.1) is 16.0 Å². The fourth-order valence-electron chi connectivity index (χ4n) is 3.27. The molecule has 1 aliphatic carbocycles. The van der Waals surface area contributed by atoms with Gasteiger partial charge in [0.2, 0.25) is 0 Å². The number of benzene rings is 2. The van der Waals surface area contributed by atoms with E-state index in [-0.39, 0.29) is 23.3 Å². The number of carbonyl (C=O) groups is 1. The lowest BCUT2D eigenvalue weighted by Gasteiger charge is -2.18. The molecule has 1 N–H and O–H groups in total. The molecule has 2 aromatic carbocycles. The van der Waals surface area contributed by atoms with Crippen molar-refractivity contribution in [1.29, 1.82) is 0 Å². The number of methoxy groups -OCH3 is 1. The van der Waals surface area contributed by atoms with Gasteiger partial charge >= 0.3 is 0 Å². The Bertz CT molecular complexity index is 1040. The van der Waals surface area contributed by atoms with Crippen LogP contribution in [0.3, 0.4) is 0 Å². The Hall–Kier alpha value is -3.68. The molecule has 1 fully saturated rings. The molecule has 1 amide bonds. The normalized spacial score (nSPS) is 14.2. The number of carbonyl (C=O) groups excluding carboxylic acids is 1. The van der Waals surface area contributed by atoms with Gasteiger partial charge < -0.3 is 10.1 Å². The number of non-ortho nitro benzene ring substituents is 1. The number of rotatable bonds is 7. The summed E-state index contributed by atoms with van der Waals surface area (Å²) >= 11 is 0. The van der Waals surface area contributed by atoms with Crippen LogP contribution in [-0.4, -0.2) is 27.7 Å². The number of nitrogens with one attached hydrogen (secondary N) is 1. The minimum atomic E-state index is -0.463. The highest BCUT2D eigenvalue weighted by Gasteiger charge is 2.34. The van der Waals surface area contributed by atoms with Crippen LogP contribution in [0.25, 0.3) is 5.69 Å². The predicted molar refractivity (Wildman–Crippen MR) is 106 cm³/mol. The lowest BCUT2D eigenvalue weighted by atomic mass is 10.0. The Morgan fingerprint density at radius 2 is 2.00 bits per heavy atom. The number of nitro benzene ring substituents is 1. The zero-order valence-corrected chi connectivity index (χ0v) is 15.8. The topological polar surface area (TPSA) is 99.3 Å². The van der Waals surface area contributed by atoms with E-state index in [0.29, 0.717) is 11.6 Å². The first kappa shape index (κ1) is 18.7. The van der Waals surface area contributed by atoms with Crippen molar-refractivity contribution in [3.8, 4) is 11.4 Å². The summed E-state index contributed by atoms with van der Waals surface area (Å²) in [6.45, 7) is 0. The van der Waals surface area contributed by atoms with Crippen molar-refractivity contribution in [1.82, 2.24) is 15.1 Å². The highest BCUT2D eigenvalue weighted by molar-refractivity contribution is 5.92. The molecule has 0 aliphatic heterocycles. The molecule has 1 saturated carbocycles. The Balaban J connectivity index is 1.52. The monoisotopic (exact) mass is 392 g/mol. The van der Waals surface area contributed by atoms with Crippen LogP contribution in [0.4, 0.5) is 5.69 Å². The first-order chi connectivity index (χ1) is 14.0. The van der Waals surface area contributed by atoms with Gasteiger partial charge in [0.05, 0.1) is 23.8 Å². The predicted octanol–water partition coefficient (Wildman–Crippen LogP) is 3.67. The van der Waals surface area contributed by atoms with E-state index in [1.54, 1.807) is 31.5 Å². The summed E-state index contributed by atoms with van der Waals surface area (Å²) in [5.74, 6) is 0.901. The molecular formula is C21H20N4O4. The third kappa shape index (κ3) is 4.11. The van der Waals surface area contributed by atoms with Gasteiger partial charge in [0.15, 0.2) is 5.69 Å². The van der Waals surface area contributed by atoms with E-state index in [4.69, 9.17) is 4.74 Å². The maximum Gasteiger partial charge on any atom is 0.272 e. The van der Waals surface area contributed by atoms with Crippen LogP contribution in [0.1, 0.15) is 34.9 Å².